The first-order chi connectivity index (χ1) is 14.8. The number of carbonyl (C=O) groups is 1. The summed E-state index contributed by atoms with van der Waals surface area (Å²) in [6.07, 6.45) is 0. The van der Waals surface area contributed by atoms with E-state index in [1.807, 2.05) is 91.0 Å². The van der Waals surface area contributed by atoms with E-state index in [1.54, 1.807) is 0 Å². The number of benzene rings is 4. The Hall–Kier alpha value is -3.57. The number of aromatic nitrogens is 2. The quantitative estimate of drug-likeness (QED) is 0.367. The largest absolute Gasteiger partial charge is 0.325 e. The molecule has 0 aliphatic rings. The zero-order chi connectivity index (χ0) is 20.3. The van der Waals surface area contributed by atoms with Gasteiger partial charge in [0.1, 0.15) is 0 Å². The van der Waals surface area contributed by atoms with Crippen molar-refractivity contribution in [1.82, 2.24) is 9.55 Å². The fraction of sp³-hybridized carbons (Fsp3) is 0.0400. The highest BCUT2D eigenvalue weighted by molar-refractivity contribution is 7.99. The molecule has 1 heterocycles. The van der Waals surface area contributed by atoms with E-state index < -0.39 is 0 Å². The molecule has 5 heteroatoms. The Morgan fingerprint density at radius 1 is 0.833 bits per heavy atom. The lowest BCUT2D eigenvalue weighted by molar-refractivity contribution is -0.113. The molecule has 1 aromatic heterocycles. The van der Waals surface area contributed by atoms with E-state index in [-0.39, 0.29) is 11.7 Å². The SMILES string of the molecule is O=C(CSc1nc2ccccc2n1-c1ccccc1)Nc1cccc2ccccc12. The van der Waals surface area contributed by atoms with Crippen molar-refractivity contribution in [2.45, 2.75) is 5.16 Å². The third kappa shape index (κ3) is 3.55. The Labute approximate surface area is 178 Å². The molecule has 1 N–H and O–H groups in total. The number of thioether (sulfide) groups is 1. The third-order valence-electron chi connectivity index (χ3n) is 4.94. The maximum Gasteiger partial charge on any atom is 0.234 e. The van der Waals surface area contributed by atoms with E-state index in [0.29, 0.717) is 0 Å². The average molecular weight is 410 g/mol. The van der Waals surface area contributed by atoms with E-state index in [0.717, 1.165) is 38.3 Å². The van der Waals surface area contributed by atoms with Gasteiger partial charge in [0.25, 0.3) is 0 Å². The lowest BCUT2D eigenvalue weighted by atomic mass is 10.1. The molecule has 0 atom stereocenters. The third-order valence-corrected chi connectivity index (χ3v) is 5.88. The van der Waals surface area contributed by atoms with Crippen molar-refractivity contribution in [3.05, 3.63) is 97.1 Å². The minimum Gasteiger partial charge on any atom is -0.325 e. The highest BCUT2D eigenvalue weighted by Gasteiger charge is 2.14. The van der Waals surface area contributed by atoms with Crippen molar-refractivity contribution in [1.29, 1.82) is 0 Å². The number of hydrogen-bond acceptors (Lipinski definition) is 3. The molecule has 30 heavy (non-hydrogen) atoms. The Bertz CT molecular complexity index is 1340. The second-order valence-electron chi connectivity index (χ2n) is 6.92. The van der Waals surface area contributed by atoms with Gasteiger partial charge < -0.3 is 5.32 Å². The summed E-state index contributed by atoms with van der Waals surface area (Å²) in [5.41, 5.74) is 3.80. The van der Waals surface area contributed by atoms with Gasteiger partial charge in [0, 0.05) is 16.8 Å². The van der Waals surface area contributed by atoms with Crippen molar-refractivity contribution in [3.63, 3.8) is 0 Å². The van der Waals surface area contributed by atoms with Gasteiger partial charge >= 0.3 is 0 Å². The molecule has 5 rings (SSSR count). The van der Waals surface area contributed by atoms with E-state index in [4.69, 9.17) is 4.98 Å². The van der Waals surface area contributed by atoms with Gasteiger partial charge in [-0.05, 0) is 35.7 Å². The Morgan fingerprint density at radius 2 is 1.57 bits per heavy atom. The zero-order valence-electron chi connectivity index (χ0n) is 16.2. The Balaban J connectivity index is 1.41. The fourth-order valence-electron chi connectivity index (χ4n) is 3.58. The van der Waals surface area contributed by atoms with Crippen LogP contribution in [-0.4, -0.2) is 21.2 Å². The van der Waals surface area contributed by atoms with Gasteiger partial charge in [0.15, 0.2) is 5.16 Å². The summed E-state index contributed by atoms with van der Waals surface area (Å²) in [4.78, 5) is 17.5. The van der Waals surface area contributed by atoms with Gasteiger partial charge in [-0.2, -0.15) is 0 Å². The maximum absolute atomic E-state index is 12.7. The van der Waals surface area contributed by atoms with Crippen LogP contribution >= 0.6 is 11.8 Å². The van der Waals surface area contributed by atoms with Crippen molar-refractivity contribution in [2.24, 2.45) is 0 Å². The standard InChI is InChI=1S/C25H19N3OS/c29-24(26-21-15-8-10-18-9-4-5-13-20(18)21)17-30-25-27-22-14-6-7-16-23(22)28(25)19-11-2-1-3-12-19/h1-16H,17H2,(H,26,29). The lowest BCUT2D eigenvalue weighted by Gasteiger charge is -2.10. The molecular formula is C25H19N3OS. The second-order valence-corrected chi connectivity index (χ2v) is 7.86. The maximum atomic E-state index is 12.7. The van der Waals surface area contributed by atoms with Crippen LogP contribution in [0.4, 0.5) is 5.69 Å². The van der Waals surface area contributed by atoms with Crippen LogP contribution in [0, 0.1) is 0 Å². The number of amides is 1. The first-order valence-electron chi connectivity index (χ1n) is 9.73. The molecule has 0 saturated heterocycles. The van der Waals surface area contributed by atoms with E-state index in [1.165, 1.54) is 11.8 Å². The lowest BCUT2D eigenvalue weighted by Crippen LogP contribution is -2.14. The molecule has 0 aliphatic heterocycles. The van der Waals surface area contributed by atoms with Gasteiger partial charge in [-0.3, -0.25) is 9.36 Å². The van der Waals surface area contributed by atoms with Crippen molar-refractivity contribution in [3.8, 4) is 5.69 Å². The Kier molecular flexibility index (Phi) is 4.95. The van der Waals surface area contributed by atoms with Crippen LogP contribution < -0.4 is 5.32 Å². The highest BCUT2D eigenvalue weighted by Crippen LogP contribution is 2.28. The van der Waals surface area contributed by atoms with E-state index in [2.05, 4.69) is 16.0 Å². The molecule has 0 spiro atoms. The molecule has 0 radical (unpaired) electrons. The van der Waals surface area contributed by atoms with Gasteiger partial charge in [0.05, 0.1) is 16.8 Å². The minimum absolute atomic E-state index is 0.0528. The van der Waals surface area contributed by atoms with Crippen molar-refractivity contribution < 1.29 is 4.79 Å². The topological polar surface area (TPSA) is 46.9 Å². The van der Waals surface area contributed by atoms with Gasteiger partial charge in [-0.25, -0.2) is 4.98 Å². The first-order valence-corrected chi connectivity index (χ1v) is 10.7. The monoisotopic (exact) mass is 409 g/mol. The minimum atomic E-state index is -0.0528. The van der Waals surface area contributed by atoms with Crippen LogP contribution in [0.2, 0.25) is 0 Å². The molecule has 4 aromatic carbocycles. The summed E-state index contributed by atoms with van der Waals surface area (Å²) in [6, 6.07) is 32.1. The summed E-state index contributed by atoms with van der Waals surface area (Å²) in [6.45, 7) is 0. The Morgan fingerprint density at radius 3 is 2.47 bits per heavy atom. The molecule has 0 fully saturated rings. The molecule has 5 aromatic rings. The molecule has 4 nitrogen and oxygen atoms in total. The molecular weight excluding hydrogens is 390 g/mol. The summed E-state index contributed by atoms with van der Waals surface area (Å²) >= 11 is 1.44. The summed E-state index contributed by atoms with van der Waals surface area (Å²) in [7, 11) is 0. The van der Waals surface area contributed by atoms with Gasteiger partial charge in [0.2, 0.25) is 5.91 Å². The summed E-state index contributed by atoms with van der Waals surface area (Å²) in [5, 5.41) is 6.00. The van der Waals surface area contributed by atoms with Crippen LogP contribution in [0.3, 0.4) is 0 Å². The van der Waals surface area contributed by atoms with Crippen LogP contribution in [0.15, 0.2) is 102 Å². The first kappa shape index (κ1) is 18.5. The molecule has 0 unspecified atom stereocenters. The number of anilines is 1. The second kappa shape index (κ2) is 8.05. The average Bonchev–Trinajstić information content (AvgIpc) is 3.17. The predicted octanol–water partition coefficient (Wildman–Crippen LogP) is 5.91. The predicted molar refractivity (Wildman–Crippen MR) is 124 cm³/mol. The summed E-state index contributed by atoms with van der Waals surface area (Å²) < 4.78 is 2.10. The number of carbonyl (C=O) groups excluding carboxylic acids is 1. The number of para-hydroxylation sites is 3. The molecule has 0 aliphatic carbocycles. The fourth-order valence-corrected chi connectivity index (χ4v) is 4.41. The molecule has 0 saturated carbocycles. The molecule has 1 amide bonds. The van der Waals surface area contributed by atoms with Crippen molar-refractivity contribution in [2.75, 3.05) is 11.1 Å². The van der Waals surface area contributed by atoms with Crippen LogP contribution in [0.25, 0.3) is 27.5 Å². The summed E-state index contributed by atoms with van der Waals surface area (Å²) in [5.74, 6) is 0.224. The number of fused-ring (bicyclic) bond motifs is 2. The number of hydrogen-bond donors (Lipinski definition) is 1. The van der Waals surface area contributed by atoms with E-state index in [9.17, 15) is 4.79 Å². The van der Waals surface area contributed by atoms with E-state index >= 15 is 0 Å². The highest BCUT2D eigenvalue weighted by atomic mass is 32.2. The zero-order valence-corrected chi connectivity index (χ0v) is 17.0. The normalized spacial score (nSPS) is 11.1. The van der Waals surface area contributed by atoms with Gasteiger partial charge in [-0.1, -0.05) is 78.5 Å². The number of nitrogens with one attached hydrogen (secondary N) is 1. The molecule has 0 bridgehead atoms. The number of nitrogens with zero attached hydrogens (tertiary/aromatic N) is 2. The van der Waals surface area contributed by atoms with Crippen LogP contribution in [0.1, 0.15) is 0 Å². The van der Waals surface area contributed by atoms with Gasteiger partial charge in [-0.15, -0.1) is 0 Å². The molecule has 146 valence electrons. The number of rotatable bonds is 5. The van der Waals surface area contributed by atoms with Crippen LogP contribution in [0.5, 0.6) is 0 Å². The number of imidazole rings is 1. The van der Waals surface area contributed by atoms with Crippen LogP contribution in [-0.2, 0) is 4.79 Å². The van der Waals surface area contributed by atoms with Crippen molar-refractivity contribution >= 4 is 45.2 Å². The smallest absolute Gasteiger partial charge is 0.234 e.